The summed E-state index contributed by atoms with van der Waals surface area (Å²) in [6, 6.07) is 3.13. The zero-order chi connectivity index (χ0) is 10.3. The van der Waals surface area contributed by atoms with Crippen molar-refractivity contribution >= 4 is 5.97 Å². The van der Waals surface area contributed by atoms with Gasteiger partial charge in [-0.2, -0.15) is 0 Å². The third-order valence-electron chi connectivity index (χ3n) is 2.55. The van der Waals surface area contributed by atoms with Gasteiger partial charge in [0, 0.05) is 6.04 Å². The van der Waals surface area contributed by atoms with Crippen molar-refractivity contribution in [2.24, 2.45) is 5.73 Å². The van der Waals surface area contributed by atoms with E-state index in [1.807, 2.05) is 0 Å². The molecule has 4 N–H and O–H groups in total. The van der Waals surface area contributed by atoms with Crippen LogP contribution >= 0.6 is 0 Å². The van der Waals surface area contributed by atoms with Crippen molar-refractivity contribution < 1.29 is 15.0 Å². The molecule has 0 heterocycles. The zero-order valence-corrected chi connectivity index (χ0v) is 7.53. The molecule has 0 radical (unpaired) electrons. The molecule has 1 unspecified atom stereocenters. The SMILES string of the molecule is NC1Cc2ccc(O)c(C(=O)O)c2C1. The Hall–Kier alpha value is -1.55. The minimum atomic E-state index is -1.09. The molecular formula is C10H11NO3. The predicted molar refractivity (Wildman–Crippen MR) is 50.4 cm³/mol. The summed E-state index contributed by atoms with van der Waals surface area (Å²) in [7, 11) is 0. The summed E-state index contributed by atoms with van der Waals surface area (Å²) in [6.45, 7) is 0. The fourth-order valence-electron chi connectivity index (χ4n) is 1.96. The van der Waals surface area contributed by atoms with Crippen molar-refractivity contribution in [2.75, 3.05) is 0 Å². The smallest absolute Gasteiger partial charge is 0.339 e. The molecule has 1 aliphatic carbocycles. The number of carboxylic acids is 1. The van der Waals surface area contributed by atoms with E-state index in [4.69, 9.17) is 10.8 Å². The van der Waals surface area contributed by atoms with Crippen LogP contribution in [0.5, 0.6) is 5.75 Å². The van der Waals surface area contributed by atoms with Gasteiger partial charge in [0.25, 0.3) is 0 Å². The van der Waals surface area contributed by atoms with Crippen molar-refractivity contribution in [1.82, 2.24) is 0 Å². The topological polar surface area (TPSA) is 83.5 Å². The number of hydrogen-bond donors (Lipinski definition) is 3. The summed E-state index contributed by atoms with van der Waals surface area (Å²) in [5.41, 5.74) is 7.36. The summed E-state index contributed by atoms with van der Waals surface area (Å²) >= 11 is 0. The predicted octanol–water partition coefficient (Wildman–Crippen LogP) is 0.516. The van der Waals surface area contributed by atoms with Crippen LogP contribution in [0.2, 0.25) is 0 Å². The van der Waals surface area contributed by atoms with Gasteiger partial charge in [0.1, 0.15) is 11.3 Å². The summed E-state index contributed by atoms with van der Waals surface area (Å²) in [5, 5.41) is 18.3. The number of hydrogen-bond acceptors (Lipinski definition) is 3. The molecular weight excluding hydrogens is 182 g/mol. The second-order valence-corrected chi connectivity index (χ2v) is 3.57. The second kappa shape index (κ2) is 2.99. The maximum absolute atomic E-state index is 10.9. The summed E-state index contributed by atoms with van der Waals surface area (Å²) in [5.74, 6) is -1.26. The molecule has 0 saturated heterocycles. The first-order chi connectivity index (χ1) is 6.59. The monoisotopic (exact) mass is 193 g/mol. The molecule has 0 aromatic heterocycles. The van der Waals surface area contributed by atoms with Crippen molar-refractivity contribution in [3.05, 3.63) is 28.8 Å². The molecule has 1 atom stereocenters. The van der Waals surface area contributed by atoms with E-state index in [0.717, 1.165) is 5.56 Å². The number of benzene rings is 1. The number of aromatic carboxylic acids is 1. The van der Waals surface area contributed by atoms with Gasteiger partial charge in [0.15, 0.2) is 0 Å². The molecule has 4 nitrogen and oxygen atoms in total. The Morgan fingerprint density at radius 2 is 2.14 bits per heavy atom. The van der Waals surface area contributed by atoms with Crippen molar-refractivity contribution in [3.8, 4) is 5.75 Å². The van der Waals surface area contributed by atoms with E-state index < -0.39 is 5.97 Å². The zero-order valence-electron chi connectivity index (χ0n) is 7.53. The number of carbonyl (C=O) groups is 1. The van der Waals surface area contributed by atoms with Crippen molar-refractivity contribution in [2.45, 2.75) is 18.9 Å². The number of rotatable bonds is 1. The van der Waals surface area contributed by atoms with Gasteiger partial charge >= 0.3 is 5.97 Å². The first-order valence-electron chi connectivity index (χ1n) is 4.42. The Morgan fingerprint density at radius 1 is 1.43 bits per heavy atom. The average molecular weight is 193 g/mol. The highest BCUT2D eigenvalue weighted by atomic mass is 16.4. The number of phenols is 1. The first-order valence-corrected chi connectivity index (χ1v) is 4.42. The molecule has 0 aliphatic heterocycles. The maximum Gasteiger partial charge on any atom is 0.339 e. The normalized spacial score (nSPS) is 19.4. The van der Waals surface area contributed by atoms with E-state index in [0.29, 0.717) is 18.4 Å². The van der Waals surface area contributed by atoms with Crippen LogP contribution in [0.4, 0.5) is 0 Å². The van der Waals surface area contributed by atoms with Crippen LogP contribution in [-0.4, -0.2) is 22.2 Å². The number of nitrogens with two attached hydrogens (primary N) is 1. The van der Waals surface area contributed by atoms with Crippen LogP contribution in [0.25, 0.3) is 0 Å². The molecule has 0 bridgehead atoms. The Bertz CT molecular complexity index is 401. The van der Waals surface area contributed by atoms with E-state index >= 15 is 0 Å². The van der Waals surface area contributed by atoms with E-state index in [9.17, 15) is 9.90 Å². The lowest BCUT2D eigenvalue weighted by Crippen LogP contribution is -2.19. The first kappa shape index (κ1) is 9.02. The van der Waals surface area contributed by atoms with Gasteiger partial charge in [0.05, 0.1) is 0 Å². The lowest BCUT2D eigenvalue weighted by molar-refractivity contribution is 0.0692. The molecule has 0 fully saturated rings. The van der Waals surface area contributed by atoms with Crippen LogP contribution in [0.3, 0.4) is 0 Å². The molecule has 0 amide bonds. The molecule has 2 rings (SSSR count). The van der Waals surface area contributed by atoms with Gasteiger partial charge in [-0.25, -0.2) is 4.79 Å². The van der Waals surface area contributed by atoms with Crippen LogP contribution in [0.15, 0.2) is 12.1 Å². The van der Waals surface area contributed by atoms with E-state index in [1.165, 1.54) is 6.07 Å². The highest BCUT2D eigenvalue weighted by molar-refractivity contribution is 5.93. The van der Waals surface area contributed by atoms with Crippen LogP contribution in [0.1, 0.15) is 21.5 Å². The summed E-state index contributed by atoms with van der Waals surface area (Å²) in [6.07, 6.45) is 1.22. The summed E-state index contributed by atoms with van der Waals surface area (Å²) in [4.78, 5) is 10.9. The number of aromatic hydroxyl groups is 1. The van der Waals surface area contributed by atoms with Gasteiger partial charge in [-0.15, -0.1) is 0 Å². The Morgan fingerprint density at radius 3 is 2.79 bits per heavy atom. The van der Waals surface area contributed by atoms with Gasteiger partial charge < -0.3 is 15.9 Å². The minimum Gasteiger partial charge on any atom is -0.507 e. The fraction of sp³-hybridized carbons (Fsp3) is 0.300. The molecule has 4 heteroatoms. The standard InChI is InChI=1S/C10H11NO3/c11-6-3-5-1-2-8(12)9(10(13)14)7(5)4-6/h1-2,6,12H,3-4,11H2,(H,13,14). The van der Waals surface area contributed by atoms with E-state index in [-0.39, 0.29) is 17.4 Å². The van der Waals surface area contributed by atoms with Gasteiger partial charge in [-0.1, -0.05) is 6.07 Å². The lowest BCUT2D eigenvalue weighted by Gasteiger charge is -2.05. The summed E-state index contributed by atoms with van der Waals surface area (Å²) < 4.78 is 0. The number of fused-ring (bicyclic) bond motifs is 1. The maximum atomic E-state index is 10.9. The minimum absolute atomic E-state index is 0.00968. The Balaban J connectivity index is 2.60. The third-order valence-corrected chi connectivity index (χ3v) is 2.55. The van der Waals surface area contributed by atoms with Gasteiger partial charge in [0.2, 0.25) is 0 Å². The van der Waals surface area contributed by atoms with E-state index in [1.54, 1.807) is 6.07 Å². The molecule has 74 valence electrons. The van der Waals surface area contributed by atoms with Crippen molar-refractivity contribution in [3.63, 3.8) is 0 Å². The van der Waals surface area contributed by atoms with Crippen LogP contribution in [-0.2, 0) is 12.8 Å². The van der Waals surface area contributed by atoms with E-state index in [2.05, 4.69) is 0 Å². The molecule has 0 saturated carbocycles. The molecule has 14 heavy (non-hydrogen) atoms. The molecule has 1 aliphatic rings. The Labute approximate surface area is 81.0 Å². The highest BCUT2D eigenvalue weighted by Crippen LogP contribution is 2.30. The fourth-order valence-corrected chi connectivity index (χ4v) is 1.96. The Kier molecular flexibility index (Phi) is 1.93. The highest BCUT2D eigenvalue weighted by Gasteiger charge is 2.25. The lowest BCUT2D eigenvalue weighted by atomic mass is 10.0. The second-order valence-electron chi connectivity index (χ2n) is 3.57. The number of carboxylic acid groups (broad SMARTS) is 1. The third kappa shape index (κ3) is 1.24. The largest absolute Gasteiger partial charge is 0.507 e. The van der Waals surface area contributed by atoms with Crippen molar-refractivity contribution in [1.29, 1.82) is 0 Å². The average Bonchev–Trinajstić information content (AvgIpc) is 2.43. The molecule has 0 spiro atoms. The van der Waals surface area contributed by atoms with Gasteiger partial charge in [-0.05, 0) is 30.0 Å². The van der Waals surface area contributed by atoms with Crippen LogP contribution in [0, 0.1) is 0 Å². The quantitative estimate of drug-likeness (QED) is 0.607. The molecule has 1 aromatic carbocycles. The van der Waals surface area contributed by atoms with Gasteiger partial charge in [-0.3, -0.25) is 0 Å². The van der Waals surface area contributed by atoms with Crippen LogP contribution < -0.4 is 5.73 Å². The molecule has 1 aromatic rings.